The van der Waals surface area contributed by atoms with E-state index in [4.69, 9.17) is 4.74 Å². The molecule has 0 spiro atoms. The van der Waals surface area contributed by atoms with Gasteiger partial charge in [-0.1, -0.05) is 55.9 Å². The highest BCUT2D eigenvalue weighted by Gasteiger charge is 2.31. The van der Waals surface area contributed by atoms with Crippen LogP contribution in [0.15, 0.2) is 58.8 Å². The van der Waals surface area contributed by atoms with Crippen LogP contribution in [0.2, 0.25) is 0 Å². The smallest absolute Gasteiger partial charge is 0.341 e. The maximum Gasteiger partial charge on any atom is 0.341 e. The molecule has 3 aromatic rings. The van der Waals surface area contributed by atoms with Crippen LogP contribution < -0.4 is 5.32 Å². The van der Waals surface area contributed by atoms with Crippen molar-refractivity contribution in [3.63, 3.8) is 0 Å². The summed E-state index contributed by atoms with van der Waals surface area (Å²) in [5, 5.41) is 9.72. The molecule has 9 nitrogen and oxygen atoms in total. The van der Waals surface area contributed by atoms with Crippen molar-refractivity contribution in [3.8, 4) is 11.1 Å². The number of hydrogen-bond donors (Lipinski definition) is 1. The van der Waals surface area contributed by atoms with Crippen LogP contribution in [0.5, 0.6) is 0 Å². The van der Waals surface area contributed by atoms with Crippen LogP contribution in [0.25, 0.3) is 17.2 Å². The number of esters is 1. The number of carbonyl (C=O) groups excluding carboxylic acids is 3. The molecule has 198 valence electrons. The standard InChI is InChI=1S/C27H29N5O4S2/c1-5-36-26(35)23-20(19-9-7-6-8-10-19)15-37-24(23)30-22(33)16-38-27-29-21(11-18-12-28-31(4)14-18)25(34)32(27)13-17(2)3/h6-12,14-15,17H,5,13,16H2,1-4H3,(H,30,33)/b21-11+. The summed E-state index contributed by atoms with van der Waals surface area (Å²) in [4.78, 5) is 45.0. The third kappa shape index (κ3) is 6.40. The third-order valence-corrected chi connectivity index (χ3v) is 7.30. The van der Waals surface area contributed by atoms with Gasteiger partial charge in [-0.2, -0.15) is 5.10 Å². The molecule has 1 aliphatic rings. The largest absolute Gasteiger partial charge is 0.462 e. The molecule has 38 heavy (non-hydrogen) atoms. The number of nitrogens with zero attached hydrogens (tertiary/aromatic N) is 4. The molecule has 0 radical (unpaired) electrons. The van der Waals surface area contributed by atoms with Gasteiger partial charge < -0.3 is 10.1 Å². The number of carbonyl (C=O) groups is 3. The Labute approximate surface area is 229 Å². The second kappa shape index (κ2) is 12.2. The van der Waals surface area contributed by atoms with Gasteiger partial charge in [0.15, 0.2) is 5.17 Å². The lowest BCUT2D eigenvalue weighted by atomic mass is 10.0. The zero-order valence-electron chi connectivity index (χ0n) is 21.6. The van der Waals surface area contributed by atoms with Crippen molar-refractivity contribution in [1.29, 1.82) is 0 Å². The minimum atomic E-state index is -0.491. The van der Waals surface area contributed by atoms with E-state index >= 15 is 0 Å². The van der Waals surface area contributed by atoms with Gasteiger partial charge in [0, 0.05) is 36.3 Å². The first kappa shape index (κ1) is 27.3. The van der Waals surface area contributed by atoms with E-state index in [1.165, 1.54) is 23.1 Å². The summed E-state index contributed by atoms with van der Waals surface area (Å²) in [5.74, 6) is -0.783. The van der Waals surface area contributed by atoms with Crippen LogP contribution in [0.1, 0.15) is 36.7 Å². The second-order valence-corrected chi connectivity index (χ2v) is 10.8. The normalized spacial score (nSPS) is 14.3. The highest BCUT2D eigenvalue weighted by Crippen LogP contribution is 2.36. The van der Waals surface area contributed by atoms with Crippen LogP contribution in [0, 0.1) is 5.92 Å². The molecule has 0 fully saturated rings. The number of hydrogen-bond acceptors (Lipinski definition) is 8. The molecule has 3 heterocycles. The van der Waals surface area contributed by atoms with Gasteiger partial charge in [-0.15, -0.1) is 11.3 Å². The van der Waals surface area contributed by atoms with Crippen molar-refractivity contribution in [3.05, 3.63) is 64.9 Å². The number of aliphatic imine (C=N–C) groups is 1. The molecule has 0 saturated carbocycles. The lowest BCUT2D eigenvalue weighted by Crippen LogP contribution is -2.34. The van der Waals surface area contributed by atoms with Gasteiger partial charge >= 0.3 is 5.97 Å². The van der Waals surface area contributed by atoms with Gasteiger partial charge in [0.2, 0.25) is 5.91 Å². The molecule has 4 rings (SSSR count). The number of nitrogens with one attached hydrogen (secondary N) is 1. The van der Waals surface area contributed by atoms with E-state index in [1.807, 2.05) is 49.6 Å². The Morgan fingerprint density at radius 1 is 1.24 bits per heavy atom. The topological polar surface area (TPSA) is 106 Å². The average molecular weight is 552 g/mol. The summed E-state index contributed by atoms with van der Waals surface area (Å²) in [6, 6.07) is 9.49. The van der Waals surface area contributed by atoms with Crippen molar-refractivity contribution in [2.45, 2.75) is 20.8 Å². The Balaban J connectivity index is 1.51. The number of anilines is 1. The van der Waals surface area contributed by atoms with Gasteiger partial charge in [0.1, 0.15) is 16.3 Å². The number of rotatable bonds is 9. The van der Waals surface area contributed by atoms with Crippen molar-refractivity contribution in [1.82, 2.24) is 14.7 Å². The Bertz CT molecular complexity index is 1390. The Hall–Kier alpha value is -3.70. The van der Waals surface area contributed by atoms with E-state index in [-0.39, 0.29) is 30.1 Å². The molecular weight excluding hydrogens is 522 g/mol. The summed E-state index contributed by atoms with van der Waals surface area (Å²) in [5.41, 5.74) is 2.97. The van der Waals surface area contributed by atoms with E-state index in [0.29, 0.717) is 33.5 Å². The second-order valence-electron chi connectivity index (χ2n) is 8.96. The third-order valence-electron chi connectivity index (χ3n) is 5.43. The van der Waals surface area contributed by atoms with E-state index in [9.17, 15) is 14.4 Å². The van der Waals surface area contributed by atoms with Gasteiger partial charge in [-0.3, -0.25) is 19.2 Å². The number of thiophene rings is 1. The first-order valence-corrected chi connectivity index (χ1v) is 14.0. The van der Waals surface area contributed by atoms with Crippen LogP contribution in [-0.4, -0.2) is 56.5 Å². The number of aromatic nitrogens is 2. The number of benzene rings is 1. The van der Waals surface area contributed by atoms with Gasteiger partial charge in [0.25, 0.3) is 5.91 Å². The van der Waals surface area contributed by atoms with E-state index in [1.54, 1.807) is 42.0 Å². The number of amidine groups is 1. The molecule has 0 saturated heterocycles. The van der Waals surface area contributed by atoms with Crippen molar-refractivity contribution >= 4 is 57.1 Å². The average Bonchev–Trinajstić information content (AvgIpc) is 3.57. The maximum absolute atomic E-state index is 13.1. The van der Waals surface area contributed by atoms with Crippen molar-refractivity contribution in [2.24, 2.45) is 18.0 Å². The minimum Gasteiger partial charge on any atom is -0.462 e. The SMILES string of the molecule is CCOC(=O)c1c(-c2ccccc2)csc1NC(=O)CSC1=N/C(=C/c2cnn(C)c2)C(=O)N1CC(C)C. The first-order chi connectivity index (χ1) is 18.3. The van der Waals surface area contributed by atoms with Crippen molar-refractivity contribution in [2.75, 3.05) is 24.2 Å². The zero-order valence-corrected chi connectivity index (χ0v) is 23.3. The van der Waals surface area contributed by atoms with Gasteiger partial charge in [0.05, 0.1) is 18.6 Å². The zero-order chi connectivity index (χ0) is 27.2. The van der Waals surface area contributed by atoms with E-state index in [0.717, 1.165) is 11.1 Å². The molecule has 1 aliphatic heterocycles. The van der Waals surface area contributed by atoms with Gasteiger partial charge in [-0.05, 0) is 24.5 Å². The summed E-state index contributed by atoms with van der Waals surface area (Å²) in [7, 11) is 1.80. The molecule has 2 amide bonds. The lowest BCUT2D eigenvalue weighted by molar-refractivity contribution is -0.123. The molecule has 0 bridgehead atoms. The molecular formula is C27H29N5O4S2. The molecule has 0 unspecified atom stereocenters. The summed E-state index contributed by atoms with van der Waals surface area (Å²) >= 11 is 2.45. The first-order valence-electron chi connectivity index (χ1n) is 12.1. The Morgan fingerprint density at radius 3 is 2.66 bits per heavy atom. The van der Waals surface area contributed by atoms with E-state index < -0.39 is 5.97 Å². The fourth-order valence-corrected chi connectivity index (χ4v) is 5.60. The van der Waals surface area contributed by atoms with Crippen LogP contribution in [0.3, 0.4) is 0 Å². The lowest BCUT2D eigenvalue weighted by Gasteiger charge is -2.19. The van der Waals surface area contributed by atoms with Crippen LogP contribution in [0.4, 0.5) is 5.00 Å². The number of aryl methyl sites for hydroxylation is 1. The fourth-order valence-electron chi connectivity index (χ4n) is 3.82. The van der Waals surface area contributed by atoms with E-state index in [2.05, 4.69) is 15.4 Å². The number of amides is 2. The number of ether oxygens (including phenoxy) is 1. The predicted octanol–water partition coefficient (Wildman–Crippen LogP) is 4.89. The van der Waals surface area contributed by atoms with Gasteiger partial charge in [-0.25, -0.2) is 9.79 Å². The Morgan fingerprint density at radius 2 is 2.00 bits per heavy atom. The summed E-state index contributed by atoms with van der Waals surface area (Å²) in [6.45, 7) is 6.48. The van der Waals surface area contributed by atoms with Crippen LogP contribution in [-0.2, 0) is 21.4 Å². The summed E-state index contributed by atoms with van der Waals surface area (Å²) in [6.07, 6.45) is 5.15. The monoisotopic (exact) mass is 551 g/mol. The number of thioether (sulfide) groups is 1. The molecule has 0 atom stereocenters. The molecule has 11 heteroatoms. The van der Waals surface area contributed by atoms with Crippen LogP contribution >= 0.6 is 23.1 Å². The molecule has 2 aromatic heterocycles. The predicted molar refractivity (Wildman–Crippen MR) is 152 cm³/mol. The highest BCUT2D eigenvalue weighted by atomic mass is 32.2. The molecule has 1 aromatic carbocycles. The van der Waals surface area contributed by atoms with Crippen molar-refractivity contribution < 1.29 is 19.1 Å². The Kier molecular flexibility index (Phi) is 8.80. The highest BCUT2D eigenvalue weighted by molar-refractivity contribution is 8.14. The minimum absolute atomic E-state index is 0.0156. The quantitative estimate of drug-likeness (QED) is 0.300. The molecule has 1 N–H and O–H groups in total. The maximum atomic E-state index is 13.1. The summed E-state index contributed by atoms with van der Waals surface area (Å²) < 4.78 is 6.93. The fraction of sp³-hybridized carbons (Fsp3) is 0.296. The molecule has 0 aliphatic carbocycles.